The minimum atomic E-state index is -1.20. The van der Waals surface area contributed by atoms with E-state index in [2.05, 4.69) is 12.3 Å². The van der Waals surface area contributed by atoms with Crippen LogP contribution in [-0.4, -0.2) is 21.7 Å². The first-order valence-electron chi connectivity index (χ1n) is 6.92. The van der Waals surface area contributed by atoms with Crippen LogP contribution in [0.2, 0.25) is 0 Å². The summed E-state index contributed by atoms with van der Waals surface area (Å²) in [6.07, 6.45) is 10.5. The second-order valence-electron chi connectivity index (χ2n) is 5.28. The van der Waals surface area contributed by atoms with E-state index in [0.717, 1.165) is 11.7 Å². The van der Waals surface area contributed by atoms with Crippen molar-refractivity contribution in [3.05, 3.63) is 12.3 Å². The Hall–Kier alpha value is -0.573. The fraction of sp³-hybridized carbons (Fsp3) is 0.786. The summed E-state index contributed by atoms with van der Waals surface area (Å²) in [5.74, 6) is 2.31. The second kappa shape index (κ2) is 6.38. The lowest BCUT2D eigenvalue weighted by Gasteiger charge is -2.18. The zero-order chi connectivity index (χ0) is 12.1. The molecule has 2 aliphatic rings. The summed E-state index contributed by atoms with van der Waals surface area (Å²) in [6, 6.07) is 0. The van der Waals surface area contributed by atoms with Crippen LogP contribution >= 0.6 is 0 Å². The van der Waals surface area contributed by atoms with E-state index in [0.29, 0.717) is 5.92 Å². The third-order valence-electron chi connectivity index (χ3n) is 3.74. The van der Waals surface area contributed by atoms with Gasteiger partial charge in [-0.25, -0.2) is 0 Å². The normalized spacial score (nSPS) is 23.0. The lowest BCUT2D eigenvalue weighted by Crippen LogP contribution is -2.18. The molecule has 0 atom stereocenters. The maximum Gasteiger partial charge on any atom is 0.481 e. The lowest BCUT2D eigenvalue weighted by atomic mass is 9.99. The summed E-state index contributed by atoms with van der Waals surface area (Å²) >= 11 is 0. The summed E-state index contributed by atoms with van der Waals surface area (Å²) in [4.78, 5) is 0. The summed E-state index contributed by atoms with van der Waals surface area (Å²) in [5, 5.41) is 0. The molecule has 0 aromatic rings. The molecule has 96 valence electrons. The van der Waals surface area contributed by atoms with Gasteiger partial charge in [0.05, 0.1) is 12.9 Å². The number of rotatable bonds is 5. The van der Waals surface area contributed by atoms with Gasteiger partial charge in [0.25, 0.3) is 0 Å². The molecule has 0 radical (unpaired) electrons. The molecular weight excluding hydrogens is 228 g/mol. The van der Waals surface area contributed by atoms with Crippen LogP contribution in [-0.2, 0) is 8.85 Å². The fourth-order valence-corrected chi connectivity index (χ4v) is 3.84. The molecule has 0 aliphatic heterocycles. The molecule has 0 bridgehead atoms. The van der Waals surface area contributed by atoms with Crippen LogP contribution in [0.15, 0.2) is 12.3 Å². The van der Waals surface area contributed by atoms with Gasteiger partial charge in [-0.1, -0.05) is 32.3 Å². The zero-order valence-corrected chi connectivity index (χ0v) is 11.9. The highest BCUT2D eigenvalue weighted by Gasteiger charge is 2.23. The Labute approximate surface area is 106 Å². The minimum absolute atomic E-state index is 0.570. The largest absolute Gasteiger partial charge is 0.526 e. The standard InChI is InChI=1S/C14H24O2Si/c1-12(14-7-5-3-4-6-8-14)16-17(15-2)11-13-9-10-13/h11,13-14H,1,3-10H2,2H3. The number of hydrogen-bond donors (Lipinski definition) is 0. The Morgan fingerprint density at radius 1 is 1.12 bits per heavy atom. The van der Waals surface area contributed by atoms with Gasteiger partial charge in [-0.3, -0.25) is 0 Å². The highest BCUT2D eigenvalue weighted by atomic mass is 28.3. The van der Waals surface area contributed by atoms with Gasteiger partial charge in [-0.15, -0.1) is 0 Å². The molecule has 0 amide bonds. The maximum absolute atomic E-state index is 5.98. The van der Waals surface area contributed by atoms with Gasteiger partial charge in [-0.2, -0.15) is 0 Å². The van der Waals surface area contributed by atoms with Gasteiger partial charge in [0.15, 0.2) is 0 Å². The summed E-state index contributed by atoms with van der Waals surface area (Å²) in [5.41, 5.74) is 2.28. The third-order valence-corrected chi connectivity index (χ3v) is 5.35. The highest BCUT2D eigenvalue weighted by molar-refractivity contribution is 6.55. The Balaban J connectivity index is 1.85. The molecule has 0 aromatic carbocycles. The van der Waals surface area contributed by atoms with Gasteiger partial charge in [0, 0.05) is 5.92 Å². The van der Waals surface area contributed by atoms with E-state index < -0.39 is 8.90 Å². The van der Waals surface area contributed by atoms with Crippen LogP contribution in [0, 0.1) is 11.8 Å². The van der Waals surface area contributed by atoms with Crippen molar-refractivity contribution in [2.45, 2.75) is 51.4 Å². The van der Waals surface area contributed by atoms with Crippen LogP contribution in [0.4, 0.5) is 0 Å². The Morgan fingerprint density at radius 2 is 1.76 bits per heavy atom. The van der Waals surface area contributed by atoms with Crippen molar-refractivity contribution in [2.24, 2.45) is 11.8 Å². The molecule has 2 nitrogen and oxygen atoms in total. The topological polar surface area (TPSA) is 18.5 Å². The van der Waals surface area contributed by atoms with Crippen molar-refractivity contribution in [1.29, 1.82) is 0 Å². The van der Waals surface area contributed by atoms with Gasteiger partial charge in [0.2, 0.25) is 0 Å². The summed E-state index contributed by atoms with van der Waals surface area (Å²) in [6.45, 7) is 4.14. The first kappa shape index (κ1) is 12.9. The number of allylic oxidation sites excluding steroid dienone is 1. The Kier molecular flexibility index (Phi) is 4.83. The van der Waals surface area contributed by atoms with Crippen molar-refractivity contribution >= 4 is 14.6 Å². The molecule has 17 heavy (non-hydrogen) atoms. The highest BCUT2D eigenvalue weighted by Crippen LogP contribution is 2.29. The van der Waals surface area contributed by atoms with Crippen molar-refractivity contribution in [3.8, 4) is 0 Å². The van der Waals surface area contributed by atoms with E-state index in [4.69, 9.17) is 8.85 Å². The van der Waals surface area contributed by atoms with E-state index in [9.17, 15) is 0 Å². The smallest absolute Gasteiger partial charge is 0.481 e. The van der Waals surface area contributed by atoms with Crippen LogP contribution < -0.4 is 0 Å². The van der Waals surface area contributed by atoms with Crippen molar-refractivity contribution < 1.29 is 8.85 Å². The molecule has 0 spiro atoms. The Bertz CT molecular complexity index is 287. The van der Waals surface area contributed by atoms with E-state index in [1.165, 1.54) is 51.4 Å². The van der Waals surface area contributed by atoms with Gasteiger partial charge in [-0.05, 0) is 37.3 Å². The van der Waals surface area contributed by atoms with Crippen LogP contribution in [0.1, 0.15) is 51.4 Å². The van der Waals surface area contributed by atoms with E-state index in [1.54, 1.807) is 7.11 Å². The molecule has 2 rings (SSSR count). The third kappa shape index (κ3) is 4.30. The van der Waals surface area contributed by atoms with Crippen molar-refractivity contribution in [3.63, 3.8) is 0 Å². The molecule has 2 fully saturated rings. The quantitative estimate of drug-likeness (QED) is 0.424. The SMILES string of the molecule is C=C(O[Si](=CC1CC1)OC)C1CCCCCC1. The lowest BCUT2D eigenvalue weighted by molar-refractivity contribution is 0.269. The fourth-order valence-electron chi connectivity index (χ4n) is 2.41. The van der Waals surface area contributed by atoms with Crippen LogP contribution in [0.25, 0.3) is 0 Å². The molecule has 2 aliphatic carbocycles. The average Bonchev–Trinajstić information content (AvgIpc) is 3.14. The van der Waals surface area contributed by atoms with E-state index in [1.807, 2.05) is 0 Å². The average molecular weight is 252 g/mol. The first-order valence-corrected chi connectivity index (χ1v) is 8.31. The van der Waals surface area contributed by atoms with Crippen molar-refractivity contribution in [2.75, 3.05) is 7.11 Å². The Morgan fingerprint density at radius 3 is 2.29 bits per heavy atom. The summed E-state index contributed by atoms with van der Waals surface area (Å²) in [7, 11) is 0.553. The van der Waals surface area contributed by atoms with Gasteiger partial charge in [0.1, 0.15) is 0 Å². The predicted molar refractivity (Wildman–Crippen MR) is 73.0 cm³/mol. The molecule has 2 saturated carbocycles. The molecule has 0 unspecified atom stereocenters. The van der Waals surface area contributed by atoms with Crippen LogP contribution in [0.5, 0.6) is 0 Å². The molecule has 0 N–H and O–H groups in total. The molecule has 3 heteroatoms. The molecule has 0 aromatic heterocycles. The minimum Gasteiger partial charge on any atom is -0.526 e. The first-order chi connectivity index (χ1) is 8.29. The monoisotopic (exact) mass is 252 g/mol. The second-order valence-corrected chi connectivity index (χ2v) is 6.87. The number of hydrogen-bond acceptors (Lipinski definition) is 2. The predicted octanol–water partition coefficient (Wildman–Crippen LogP) is 3.42. The molecule has 0 heterocycles. The van der Waals surface area contributed by atoms with E-state index in [-0.39, 0.29) is 0 Å². The van der Waals surface area contributed by atoms with E-state index >= 15 is 0 Å². The van der Waals surface area contributed by atoms with Crippen LogP contribution in [0.3, 0.4) is 0 Å². The molecular formula is C14H24O2Si. The van der Waals surface area contributed by atoms with Crippen molar-refractivity contribution in [1.82, 2.24) is 0 Å². The summed E-state index contributed by atoms with van der Waals surface area (Å²) < 4.78 is 11.4. The zero-order valence-electron chi connectivity index (χ0n) is 10.9. The maximum atomic E-state index is 5.98. The molecule has 0 saturated heterocycles. The van der Waals surface area contributed by atoms with Gasteiger partial charge >= 0.3 is 8.90 Å². The van der Waals surface area contributed by atoms with Gasteiger partial charge < -0.3 is 8.85 Å².